The summed E-state index contributed by atoms with van der Waals surface area (Å²) in [6, 6.07) is 0.00600. The zero-order valence-corrected chi connectivity index (χ0v) is 38.8. The largest absolute Gasteiger partial charge is 0.279 e. The van der Waals surface area contributed by atoms with Gasteiger partial charge in [0.15, 0.2) is 0 Å². The van der Waals surface area contributed by atoms with Gasteiger partial charge in [-0.25, -0.2) is 0 Å². The molecule has 0 spiro atoms. The van der Waals surface area contributed by atoms with Crippen molar-refractivity contribution in [2.75, 3.05) is 0 Å². The van der Waals surface area contributed by atoms with E-state index in [1.54, 1.807) is 0 Å². The Morgan fingerprint density at radius 3 is 0.862 bits per heavy atom. The molecule has 14 unspecified atom stereocenters. The number of likely N-dealkylation sites (tertiary alicyclic amines) is 2. The van der Waals surface area contributed by atoms with E-state index in [9.17, 15) is 0 Å². The maximum atomic E-state index is 15.1. The summed E-state index contributed by atoms with van der Waals surface area (Å²) in [6.45, 7) is 28.0. The summed E-state index contributed by atoms with van der Waals surface area (Å²) < 4.78 is 0. The van der Waals surface area contributed by atoms with Gasteiger partial charge in [0.25, 0.3) is 0 Å². The lowest BCUT2D eigenvalue weighted by Crippen LogP contribution is -2.70. The molecule has 0 N–H and O–H groups in total. The molecule has 0 aromatic rings. The van der Waals surface area contributed by atoms with Gasteiger partial charge in [-0.05, 0) is 183 Å². The maximum absolute atomic E-state index is 15.1. The van der Waals surface area contributed by atoms with E-state index in [1.165, 1.54) is 12.8 Å². The number of imide groups is 2. The number of nitrogens with zero attached hydrogens (tertiary/aromatic N) is 2. The van der Waals surface area contributed by atoms with Crippen molar-refractivity contribution in [2.45, 2.75) is 185 Å². The summed E-state index contributed by atoms with van der Waals surface area (Å²) in [5.41, 5.74) is 0.387. The van der Waals surface area contributed by atoms with Crippen LogP contribution in [0.25, 0.3) is 0 Å². The van der Waals surface area contributed by atoms with Crippen LogP contribution in [0.2, 0.25) is 0 Å². The van der Waals surface area contributed by atoms with Gasteiger partial charge in [-0.1, -0.05) is 83.1 Å². The van der Waals surface area contributed by atoms with Crippen molar-refractivity contribution in [1.29, 1.82) is 0 Å². The Kier molecular flexibility index (Phi) is 9.97. The molecular formula is C52H82N2O4. The van der Waals surface area contributed by atoms with E-state index >= 15 is 19.2 Å². The maximum Gasteiger partial charge on any atom is 0.232 e. The second kappa shape index (κ2) is 13.9. The minimum Gasteiger partial charge on any atom is -0.279 e. The molecule has 0 radical (unpaired) electrons. The highest BCUT2D eigenvalue weighted by atomic mass is 16.2. The van der Waals surface area contributed by atoms with Gasteiger partial charge in [0, 0.05) is 35.8 Å². The van der Waals surface area contributed by atoms with Crippen molar-refractivity contribution >= 4 is 23.6 Å². The molecule has 4 amide bonds. The predicted molar refractivity (Wildman–Crippen MR) is 230 cm³/mol. The van der Waals surface area contributed by atoms with Crippen molar-refractivity contribution in [3.8, 4) is 0 Å². The summed E-state index contributed by atoms with van der Waals surface area (Å²) in [5.74, 6) is 5.62. The molecule has 0 aromatic heterocycles. The molecule has 2 saturated heterocycles. The Bertz CT molecular complexity index is 1480. The average Bonchev–Trinajstić information content (AvgIpc) is 3.14. The quantitative estimate of drug-likeness (QED) is 0.261. The predicted octanol–water partition coefficient (Wildman–Crippen LogP) is 11.1. The van der Waals surface area contributed by atoms with Gasteiger partial charge >= 0.3 is 0 Å². The molecule has 324 valence electrons. The van der Waals surface area contributed by atoms with E-state index in [2.05, 4.69) is 83.1 Å². The Morgan fingerprint density at radius 1 is 0.345 bits per heavy atom. The molecule has 9 fully saturated rings. The van der Waals surface area contributed by atoms with Gasteiger partial charge in [0.1, 0.15) is 0 Å². The minimum atomic E-state index is -0.0267. The summed E-state index contributed by atoms with van der Waals surface area (Å²) in [7, 11) is 0. The summed E-state index contributed by atoms with van der Waals surface area (Å²) in [5, 5.41) is 0. The van der Waals surface area contributed by atoms with Gasteiger partial charge in [0.05, 0.1) is 0 Å². The fourth-order valence-corrected chi connectivity index (χ4v) is 17.6. The molecule has 58 heavy (non-hydrogen) atoms. The summed E-state index contributed by atoms with van der Waals surface area (Å²) in [4.78, 5) is 64.2. The lowest BCUT2D eigenvalue weighted by molar-refractivity contribution is -0.214. The molecule has 7 aliphatic carbocycles. The zero-order valence-electron chi connectivity index (χ0n) is 38.8. The Labute approximate surface area is 352 Å². The first-order chi connectivity index (χ1) is 27.0. The van der Waals surface area contributed by atoms with Crippen molar-refractivity contribution in [3.05, 3.63) is 0 Å². The monoisotopic (exact) mass is 799 g/mol. The number of carbonyl (C=O) groups is 4. The highest BCUT2D eigenvalue weighted by Crippen LogP contribution is 2.70. The van der Waals surface area contributed by atoms with Gasteiger partial charge in [-0.3, -0.25) is 29.0 Å². The van der Waals surface area contributed by atoms with Gasteiger partial charge in [-0.15, -0.1) is 0 Å². The minimum absolute atomic E-state index is 0.00300. The Morgan fingerprint density at radius 2 is 0.621 bits per heavy atom. The van der Waals surface area contributed by atoms with Crippen LogP contribution in [0.5, 0.6) is 0 Å². The summed E-state index contributed by atoms with van der Waals surface area (Å²) >= 11 is 0. The molecule has 14 atom stereocenters. The standard InChI is InChI=1S/C52H82N2O4/c1-49(2,3)27-13-23-37(51(7,8)9)39(25-27)53-45(55)33-19-15-29-31-17-21-35-44-36(22-18-32(42(31)44)30-16-20-34(46(53)56)43(33)41(29)30)48(58)54(47(35)57)40-26-28(50(4,5)6)14-24-38(40)52(10,11)12/h27-44H,13-26H2,1-12H3. The third kappa shape index (κ3) is 6.31. The van der Waals surface area contributed by atoms with Crippen LogP contribution in [-0.4, -0.2) is 45.5 Å². The molecular weight excluding hydrogens is 717 g/mol. The molecule has 6 nitrogen and oxygen atoms in total. The van der Waals surface area contributed by atoms with Crippen LogP contribution in [0.3, 0.4) is 0 Å². The number of carbonyl (C=O) groups excluding carboxylic acids is 4. The average molecular weight is 799 g/mol. The first kappa shape index (κ1) is 41.6. The number of amides is 4. The molecule has 0 bridgehead atoms. The molecule has 7 saturated carbocycles. The molecule has 9 aliphatic rings. The van der Waals surface area contributed by atoms with Crippen LogP contribution in [0.4, 0.5) is 0 Å². The van der Waals surface area contributed by atoms with Crippen molar-refractivity contribution in [1.82, 2.24) is 9.80 Å². The van der Waals surface area contributed by atoms with Gasteiger partial charge in [-0.2, -0.15) is 0 Å². The lowest BCUT2D eigenvalue weighted by Gasteiger charge is -2.68. The number of fused-ring (bicyclic) bond motifs is 2. The van der Waals surface area contributed by atoms with Crippen LogP contribution in [-0.2, 0) is 19.2 Å². The van der Waals surface area contributed by atoms with Gasteiger partial charge < -0.3 is 0 Å². The third-order valence-corrected chi connectivity index (χ3v) is 20.3. The van der Waals surface area contributed by atoms with Crippen LogP contribution in [0, 0.1) is 116 Å². The van der Waals surface area contributed by atoms with Crippen LogP contribution >= 0.6 is 0 Å². The van der Waals surface area contributed by atoms with E-state index in [0.717, 1.165) is 77.0 Å². The number of piperidine rings is 2. The molecule has 2 aliphatic heterocycles. The van der Waals surface area contributed by atoms with E-state index < -0.39 is 0 Å². The molecule has 6 heteroatoms. The number of rotatable bonds is 2. The van der Waals surface area contributed by atoms with E-state index in [4.69, 9.17) is 0 Å². The highest BCUT2D eigenvalue weighted by Gasteiger charge is 2.69. The molecule has 9 rings (SSSR count). The van der Waals surface area contributed by atoms with E-state index in [1.807, 2.05) is 9.80 Å². The van der Waals surface area contributed by atoms with Gasteiger partial charge in [0.2, 0.25) is 23.6 Å². The smallest absolute Gasteiger partial charge is 0.232 e. The SMILES string of the molecule is CC(C)(C)C1CCC(C(C)(C)C)C(N2C(=O)C3CCC4C5CCC6C(=O)N(C7CC(C(C)(C)C)CCC7C(C)(C)C)C(=O)C7CCC(C8CCC(C2=O)C3C48)C5C67)C1. The summed E-state index contributed by atoms with van der Waals surface area (Å²) in [6.07, 6.45) is 14.4. The lowest BCUT2D eigenvalue weighted by atomic mass is 9.38. The van der Waals surface area contributed by atoms with Crippen LogP contribution in [0.1, 0.15) is 173 Å². The Hall–Kier alpha value is -1.72. The van der Waals surface area contributed by atoms with Crippen LogP contribution < -0.4 is 0 Å². The molecule has 2 heterocycles. The van der Waals surface area contributed by atoms with Crippen LogP contribution in [0.15, 0.2) is 0 Å². The van der Waals surface area contributed by atoms with Crippen molar-refractivity contribution < 1.29 is 19.2 Å². The van der Waals surface area contributed by atoms with E-state index in [0.29, 0.717) is 59.2 Å². The third-order valence-electron chi connectivity index (χ3n) is 20.3. The second-order valence-electron chi connectivity index (χ2n) is 26.6. The number of hydrogen-bond donors (Lipinski definition) is 0. The van der Waals surface area contributed by atoms with E-state index in [-0.39, 0.29) is 92.9 Å². The first-order valence-corrected chi connectivity index (χ1v) is 24.7. The normalized spacial score (nSPS) is 47.1. The fraction of sp³-hybridized carbons (Fsp3) is 0.923. The second-order valence-corrected chi connectivity index (χ2v) is 26.6. The highest BCUT2D eigenvalue weighted by molar-refractivity contribution is 6.02. The zero-order chi connectivity index (χ0) is 41.8. The van der Waals surface area contributed by atoms with Crippen molar-refractivity contribution in [2.24, 2.45) is 116 Å². The van der Waals surface area contributed by atoms with Crippen molar-refractivity contribution in [3.63, 3.8) is 0 Å². The molecule has 0 aromatic carbocycles. The first-order valence-electron chi connectivity index (χ1n) is 24.7. The fourth-order valence-electron chi connectivity index (χ4n) is 17.6. The number of hydrogen-bond acceptors (Lipinski definition) is 4. The Balaban J connectivity index is 0.996. The topological polar surface area (TPSA) is 74.8 Å².